The average molecular weight is 335 g/mol. The van der Waals surface area contributed by atoms with E-state index in [1.54, 1.807) is 0 Å². The van der Waals surface area contributed by atoms with E-state index >= 15 is 0 Å². The van der Waals surface area contributed by atoms with E-state index in [-0.39, 0.29) is 5.97 Å². The van der Waals surface area contributed by atoms with Gasteiger partial charge in [-0.3, -0.25) is 5.10 Å². The molecular formula is C20H21N3O2. The zero-order valence-electron chi connectivity index (χ0n) is 14.5. The Labute approximate surface area is 146 Å². The SMILES string of the molecule is Cc1nc2cc(C3CCC4(CC3)OC(=O)c3ccccc34)[nH]n2c1C. The van der Waals surface area contributed by atoms with Crippen LogP contribution in [0.25, 0.3) is 5.65 Å². The van der Waals surface area contributed by atoms with E-state index in [2.05, 4.69) is 33.7 Å². The number of carbonyl (C=O) groups excluding carboxylic acids is 1. The molecule has 1 spiro atoms. The zero-order chi connectivity index (χ0) is 17.2. The smallest absolute Gasteiger partial charge is 0.339 e. The van der Waals surface area contributed by atoms with E-state index < -0.39 is 5.60 Å². The minimum Gasteiger partial charge on any atom is -0.451 e. The van der Waals surface area contributed by atoms with Gasteiger partial charge in [-0.1, -0.05) is 18.2 Å². The molecule has 1 aromatic carbocycles. The lowest BCUT2D eigenvalue weighted by molar-refractivity contribution is -0.0311. The molecule has 1 aliphatic heterocycles. The van der Waals surface area contributed by atoms with Crippen LogP contribution in [0.2, 0.25) is 0 Å². The van der Waals surface area contributed by atoms with Gasteiger partial charge in [0.25, 0.3) is 0 Å². The molecule has 128 valence electrons. The lowest BCUT2D eigenvalue weighted by Gasteiger charge is -2.36. The molecule has 5 nitrogen and oxygen atoms in total. The summed E-state index contributed by atoms with van der Waals surface area (Å²) in [4.78, 5) is 16.8. The van der Waals surface area contributed by atoms with Crippen molar-refractivity contribution in [1.29, 1.82) is 0 Å². The van der Waals surface area contributed by atoms with E-state index in [0.717, 1.165) is 53.8 Å². The number of H-pyrrole nitrogens is 1. The molecule has 0 amide bonds. The highest BCUT2D eigenvalue weighted by atomic mass is 16.6. The number of esters is 1. The molecule has 2 aromatic heterocycles. The molecule has 1 N–H and O–H groups in total. The largest absolute Gasteiger partial charge is 0.451 e. The molecule has 0 saturated heterocycles. The van der Waals surface area contributed by atoms with Crippen LogP contribution in [0.1, 0.15) is 64.6 Å². The maximum Gasteiger partial charge on any atom is 0.339 e. The fraction of sp³-hybridized carbons (Fsp3) is 0.400. The van der Waals surface area contributed by atoms with Gasteiger partial charge in [-0.2, -0.15) is 0 Å². The number of ether oxygens (including phenoxy) is 1. The van der Waals surface area contributed by atoms with Crippen molar-refractivity contribution < 1.29 is 9.53 Å². The second-order valence-corrected chi connectivity index (χ2v) is 7.39. The molecular weight excluding hydrogens is 314 g/mol. The van der Waals surface area contributed by atoms with Crippen molar-refractivity contribution in [2.45, 2.75) is 51.0 Å². The summed E-state index contributed by atoms with van der Waals surface area (Å²) in [6.07, 6.45) is 3.76. The number of hydrogen-bond donors (Lipinski definition) is 1. The highest BCUT2D eigenvalue weighted by Crippen LogP contribution is 2.49. The molecule has 1 aliphatic carbocycles. The van der Waals surface area contributed by atoms with Crippen molar-refractivity contribution in [2.75, 3.05) is 0 Å². The van der Waals surface area contributed by atoms with Crippen molar-refractivity contribution in [3.8, 4) is 0 Å². The molecule has 3 heterocycles. The molecule has 2 aliphatic rings. The maximum atomic E-state index is 12.2. The summed E-state index contributed by atoms with van der Waals surface area (Å²) < 4.78 is 7.93. The molecule has 1 saturated carbocycles. The fourth-order valence-electron chi connectivity index (χ4n) is 4.50. The number of rotatable bonds is 1. The van der Waals surface area contributed by atoms with Gasteiger partial charge in [0.2, 0.25) is 0 Å². The van der Waals surface area contributed by atoms with Gasteiger partial charge in [0.05, 0.1) is 17.0 Å². The second kappa shape index (κ2) is 4.97. The molecule has 0 bridgehead atoms. The second-order valence-electron chi connectivity index (χ2n) is 7.39. The van der Waals surface area contributed by atoms with E-state index in [9.17, 15) is 4.79 Å². The van der Waals surface area contributed by atoms with Crippen LogP contribution in [-0.2, 0) is 10.3 Å². The first-order valence-corrected chi connectivity index (χ1v) is 8.95. The number of imidazole rings is 1. The average Bonchev–Trinajstić information content (AvgIpc) is 3.23. The van der Waals surface area contributed by atoms with Crippen molar-refractivity contribution >= 4 is 11.6 Å². The van der Waals surface area contributed by atoms with Gasteiger partial charge in [-0.25, -0.2) is 14.3 Å². The first-order chi connectivity index (χ1) is 12.1. The van der Waals surface area contributed by atoms with Crippen LogP contribution in [0.4, 0.5) is 0 Å². The molecule has 0 radical (unpaired) electrons. The van der Waals surface area contributed by atoms with E-state index in [1.165, 1.54) is 5.69 Å². The summed E-state index contributed by atoms with van der Waals surface area (Å²) in [6, 6.07) is 10.00. The third-order valence-corrected chi connectivity index (χ3v) is 6.05. The Bertz CT molecular complexity index is 990. The van der Waals surface area contributed by atoms with Crippen LogP contribution in [0.3, 0.4) is 0 Å². The third kappa shape index (κ3) is 2.01. The molecule has 5 rings (SSSR count). The molecule has 0 unspecified atom stereocenters. The predicted octanol–water partition coefficient (Wildman–Crippen LogP) is 4.00. The van der Waals surface area contributed by atoms with Gasteiger partial charge in [0.15, 0.2) is 5.65 Å². The molecule has 0 atom stereocenters. The van der Waals surface area contributed by atoms with Gasteiger partial charge in [0.1, 0.15) is 5.60 Å². The number of nitrogens with one attached hydrogen (secondary N) is 1. The minimum absolute atomic E-state index is 0.168. The molecule has 25 heavy (non-hydrogen) atoms. The number of benzene rings is 1. The van der Waals surface area contributed by atoms with Crippen molar-refractivity contribution in [2.24, 2.45) is 0 Å². The van der Waals surface area contributed by atoms with Gasteiger partial charge in [-0.15, -0.1) is 0 Å². The fourth-order valence-corrected chi connectivity index (χ4v) is 4.50. The van der Waals surface area contributed by atoms with Gasteiger partial charge < -0.3 is 4.74 Å². The molecule has 5 heteroatoms. The molecule has 1 fully saturated rings. The van der Waals surface area contributed by atoms with Crippen LogP contribution in [0, 0.1) is 13.8 Å². The van der Waals surface area contributed by atoms with Crippen molar-refractivity contribution in [1.82, 2.24) is 14.6 Å². The quantitative estimate of drug-likeness (QED) is 0.684. The third-order valence-electron chi connectivity index (χ3n) is 6.05. The van der Waals surface area contributed by atoms with Gasteiger partial charge >= 0.3 is 5.97 Å². The standard InChI is InChI=1S/C20H21N3O2/c1-12-13(2)23-18(21-12)11-17(22-23)14-7-9-20(10-8-14)16-6-4-3-5-15(16)19(24)25-20/h3-6,11,14,22H,7-10H2,1-2H3. The number of hydrogen-bond acceptors (Lipinski definition) is 3. The summed E-state index contributed by atoms with van der Waals surface area (Å²) in [7, 11) is 0. The maximum absolute atomic E-state index is 12.2. The Balaban J connectivity index is 1.42. The van der Waals surface area contributed by atoms with Crippen LogP contribution in [0.5, 0.6) is 0 Å². The summed E-state index contributed by atoms with van der Waals surface area (Å²) in [5, 5.41) is 3.51. The first kappa shape index (κ1) is 14.8. The number of fused-ring (bicyclic) bond motifs is 3. The molecule has 3 aromatic rings. The Kier molecular flexibility index (Phi) is 2.94. The predicted molar refractivity (Wildman–Crippen MR) is 93.8 cm³/mol. The monoisotopic (exact) mass is 335 g/mol. The Morgan fingerprint density at radius 2 is 2.00 bits per heavy atom. The van der Waals surface area contributed by atoms with Crippen LogP contribution in [0.15, 0.2) is 30.3 Å². The van der Waals surface area contributed by atoms with Crippen LogP contribution < -0.4 is 0 Å². The van der Waals surface area contributed by atoms with Gasteiger partial charge in [-0.05, 0) is 45.6 Å². The Morgan fingerprint density at radius 1 is 1.24 bits per heavy atom. The highest BCUT2D eigenvalue weighted by molar-refractivity contribution is 5.94. The van der Waals surface area contributed by atoms with Crippen LogP contribution in [-0.4, -0.2) is 20.6 Å². The summed E-state index contributed by atoms with van der Waals surface area (Å²) >= 11 is 0. The number of aromatic nitrogens is 3. The number of nitrogens with zero attached hydrogens (tertiary/aromatic N) is 2. The number of aromatic amines is 1. The topological polar surface area (TPSA) is 59.4 Å². The summed E-state index contributed by atoms with van der Waals surface area (Å²) in [6.45, 7) is 4.12. The highest BCUT2D eigenvalue weighted by Gasteiger charge is 2.47. The summed E-state index contributed by atoms with van der Waals surface area (Å²) in [5.74, 6) is 0.289. The summed E-state index contributed by atoms with van der Waals surface area (Å²) in [5.41, 5.74) is 5.85. The minimum atomic E-state index is -0.413. The number of aryl methyl sites for hydroxylation is 2. The van der Waals surface area contributed by atoms with E-state index in [1.807, 2.05) is 25.1 Å². The van der Waals surface area contributed by atoms with Crippen molar-refractivity contribution in [3.05, 3.63) is 58.5 Å². The Morgan fingerprint density at radius 3 is 2.76 bits per heavy atom. The van der Waals surface area contributed by atoms with Crippen LogP contribution >= 0.6 is 0 Å². The van der Waals surface area contributed by atoms with Gasteiger partial charge in [0, 0.05) is 23.2 Å². The lowest BCUT2D eigenvalue weighted by atomic mass is 9.74. The first-order valence-electron chi connectivity index (χ1n) is 8.95. The van der Waals surface area contributed by atoms with E-state index in [0.29, 0.717) is 5.92 Å². The zero-order valence-corrected chi connectivity index (χ0v) is 14.5. The lowest BCUT2D eigenvalue weighted by Crippen LogP contribution is -2.31. The van der Waals surface area contributed by atoms with Crippen molar-refractivity contribution in [3.63, 3.8) is 0 Å². The Hall–Kier alpha value is -2.56. The van der Waals surface area contributed by atoms with E-state index in [4.69, 9.17) is 4.74 Å². The number of carbonyl (C=O) groups is 1. The normalized spacial score (nSPS) is 25.5.